The molecule has 0 aliphatic carbocycles. The van der Waals surface area contributed by atoms with Crippen LogP contribution in [0.5, 0.6) is 0 Å². The second-order valence-corrected chi connectivity index (χ2v) is 21.0. The van der Waals surface area contributed by atoms with E-state index in [2.05, 4.69) is 13.8 Å². The molecule has 392 valence electrons. The summed E-state index contributed by atoms with van der Waals surface area (Å²) in [6.45, 7) is 4.95. The minimum atomic E-state index is -1.50. The number of aliphatic carboxylic acids is 1. The summed E-state index contributed by atoms with van der Waals surface area (Å²) in [5.41, 5.74) is 0. The van der Waals surface area contributed by atoms with Crippen molar-refractivity contribution in [2.24, 2.45) is 0 Å². The molecule has 0 rings (SSSR count). The van der Waals surface area contributed by atoms with Crippen molar-refractivity contribution in [3.63, 3.8) is 0 Å². The molecule has 0 amide bonds. The highest BCUT2D eigenvalue weighted by atomic mass is 16.7. The number of hydrogen-bond acceptors (Lipinski definition) is 7. The molecule has 0 aromatic heterocycles. The minimum absolute atomic E-state index is 0.172. The molecule has 0 heterocycles. The van der Waals surface area contributed by atoms with Gasteiger partial charge < -0.3 is 28.5 Å². The van der Waals surface area contributed by atoms with Crippen molar-refractivity contribution in [2.45, 2.75) is 302 Å². The van der Waals surface area contributed by atoms with Crippen LogP contribution in [0.1, 0.15) is 290 Å². The number of unbranched alkanes of at least 4 members (excludes halogenated alkanes) is 39. The normalized spacial score (nSPS) is 12.7. The van der Waals surface area contributed by atoms with E-state index in [-0.39, 0.29) is 38.2 Å². The zero-order valence-corrected chi connectivity index (χ0v) is 44.6. The molecule has 0 aromatic carbocycles. The van der Waals surface area contributed by atoms with Crippen molar-refractivity contribution in [2.75, 3.05) is 47.5 Å². The number of quaternary nitrogens is 1. The predicted octanol–water partition coefficient (Wildman–Crippen LogP) is 16.4. The fraction of sp³-hybridized carbons (Fsp3) is 0.947. The lowest BCUT2D eigenvalue weighted by Gasteiger charge is -2.25. The molecule has 0 radical (unpaired) electrons. The van der Waals surface area contributed by atoms with Crippen molar-refractivity contribution in [3.05, 3.63) is 0 Å². The Kier molecular flexibility index (Phi) is 48.4. The minimum Gasteiger partial charge on any atom is -0.477 e. The monoisotopic (exact) mass is 939 g/mol. The molecule has 0 aromatic rings. The van der Waals surface area contributed by atoms with Gasteiger partial charge >= 0.3 is 17.9 Å². The Morgan fingerprint density at radius 1 is 0.394 bits per heavy atom. The lowest BCUT2D eigenvalue weighted by Crippen LogP contribution is -2.40. The van der Waals surface area contributed by atoms with Gasteiger partial charge in [0.2, 0.25) is 0 Å². The Balaban J connectivity index is 4.18. The highest BCUT2D eigenvalue weighted by Crippen LogP contribution is 2.18. The lowest BCUT2D eigenvalue weighted by atomic mass is 10.0. The molecule has 66 heavy (non-hydrogen) atoms. The molecule has 2 atom stereocenters. The molecule has 2 unspecified atom stereocenters. The SMILES string of the molecule is CCCCCCCCCCCCCCCCCCCCCCCCCCC(=O)OC(COC(=O)CCCCCCCCCCCCCCCCCCC)COC(OCC[N+](C)(C)C)C(=O)O. The first kappa shape index (κ1) is 64.3. The number of carboxylic acid groups (broad SMARTS) is 1. The van der Waals surface area contributed by atoms with Crippen molar-refractivity contribution in [1.82, 2.24) is 0 Å². The van der Waals surface area contributed by atoms with Crippen LogP contribution in [0.25, 0.3) is 0 Å². The van der Waals surface area contributed by atoms with Crippen LogP contribution in [0.15, 0.2) is 0 Å². The Morgan fingerprint density at radius 2 is 0.682 bits per heavy atom. The molecular formula is C57H112NO8+. The maximum absolute atomic E-state index is 12.9. The lowest BCUT2D eigenvalue weighted by molar-refractivity contribution is -0.870. The summed E-state index contributed by atoms with van der Waals surface area (Å²) < 4.78 is 22.9. The van der Waals surface area contributed by atoms with E-state index >= 15 is 0 Å². The van der Waals surface area contributed by atoms with Crippen LogP contribution in [-0.4, -0.2) is 87.4 Å². The number of carbonyl (C=O) groups is 3. The first-order valence-corrected chi connectivity index (χ1v) is 28.7. The smallest absolute Gasteiger partial charge is 0.361 e. The Labute approximate surface area is 409 Å². The summed E-state index contributed by atoms with van der Waals surface area (Å²) in [7, 11) is 5.98. The molecule has 0 saturated carbocycles. The third kappa shape index (κ3) is 50.2. The summed E-state index contributed by atoms with van der Waals surface area (Å²) in [5, 5.41) is 9.69. The molecule has 0 aliphatic heterocycles. The average molecular weight is 940 g/mol. The number of esters is 2. The first-order valence-electron chi connectivity index (χ1n) is 28.7. The van der Waals surface area contributed by atoms with Crippen molar-refractivity contribution in [3.8, 4) is 0 Å². The summed E-state index contributed by atoms with van der Waals surface area (Å²) in [4.78, 5) is 37.4. The van der Waals surface area contributed by atoms with E-state index in [0.29, 0.717) is 17.4 Å². The number of ether oxygens (including phenoxy) is 4. The predicted molar refractivity (Wildman–Crippen MR) is 277 cm³/mol. The van der Waals surface area contributed by atoms with Crippen LogP contribution in [-0.2, 0) is 33.3 Å². The number of carbonyl (C=O) groups excluding carboxylic acids is 2. The number of nitrogens with zero attached hydrogens (tertiary/aromatic N) is 1. The largest absolute Gasteiger partial charge is 0.477 e. The zero-order chi connectivity index (χ0) is 48.4. The number of rotatable bonds is 54. The van der Waals surface area contributed by atoms with E-state index in [0.717, 1.165) is 38.5 Å². The van der Waals surface area contributed by atoms with Gasteiger partial charge in [-0.3, -0.25) is 9.59 Å². The fourth-order valence-electron chi connectivity index (χ4n) is 8.66. The fourth-order valence-corrected chi connectivity index (χ4v) is 8.66. The molecule has 0 bridgehead atoms. The number of carboxylic acids is 1. The zero-order valence-electron chi connectivity index (χ0n) is 44.6. The first-order chi connectivity index (χ1) is 32.1. The van der Waals surface area contributed by atoms with Gasteiger partial charge in [-0.25, -0.2) is 4.79 Å². The maximum atomic E-state index is 12.9. The van der Waals surface area contributed by atoms with Crippen LogP contribution in [0, 0.1) is 0 Å². The Bertz CT molecular complexity index is 1050. The van der Waals surface area contributed by atoms with Gasteiger partial charge in [-0.1, -0.05) is 264 Å². The molecule has 0 aliphatic rings. The van der Waals surface area contributed by atoms with Crippen LogP contribution in [0.4, 0.5) is 0 Å². The van der Waals surface area contributed by atoms with Crippen molar-refractivity contribution < 1.29 is 42.9 Å². The third-order valence-electron chi connectivity index (χ3n) is 13.1. The van der Waals surface area contributed by atoms with Gasteiger partial charge in [0, 0.05) is 12.8 Å². The van der Waals surface area contributed by atoms with Gasteiger partial charge in [0.1, 0.15) is 13.2 Å². The Hall–Kier alpha value is -1.71. The quantitative estimate of drug-likeness (QED) is 0.0278. The van der Waals surface area contributed by atoms with Gasteiger partial charge in [0.15, 0.2) is 6.10 Å². The van der Waals surface area contributed by atoms with Crippen molar-refractivity contribution >= 4 is 17.9 Å². The van der Waals surface area contributed by atoms with E-state index in [1.807, 2.05) is 21.1 Å². The van der Waals surface area contributed by atoms with Gasteiger partial charge in [0.05, 0.1) is 34.4 Å². The van der Waals surface area contributed by atoms with Crippen LogP contribution in [0.2, 0.25) is 0 Å². The summed E-state index contributed by atoms with van der Waals surface area (Å²) in [6, 6.07) is 0. The van der Waals surface area contributed by atoms with E-state index in [1.165, 1.54) is 225 Å². The number of likely N-dealkylation sites (N-methyl/N-ethyl adjacent to an activating group) is 1. The molecule has 9 nitrogen and oxygen atoms in total. The van der Waals surface area contributed by atoms with E-state index in [9.17, 15) is 19.5 Å². The second-order valence-electron chi connectivity index (χ2n) is 21.0. The molecule has 0 fully saturated rings. The molecular weight excluding hydrogens is 827 g/mol. The van der Waals surface area contributed by atoms with Gasteiger partial charge in [-0.05, 0) is 12.8 Å². The van der Waals surface area contributed by atoms with Gasteiger partial charge in [-0.2, -0.15) is 0 Å². The van der Waals surface area contributed by atoms with Gasteiger partial charge in [0.25, 0.3) is 6.29 Å². The molecule has 0 spiro atoms. The highest BCUT2D eigenvalue weighted by molar-refractivity contribution is 5.71. The maximum Gasteiger partial charge on any atom is 0.361 e. The Morgan fingerprint density at radius 3 is 0.970 bits per heavy atom. The molecule has 1 N–H and O–H groups in total. The van der Waals surface area contributed by atoms with Crippen LogP contribution in [0.3, 0.4) is 0 Å². The van der Waals surface area contributed by atoms with Gasteiger partial charge in [-0.15, -0.1) is 0 Å². The number of hydrogen-bond donors (Lipinski definition) is 1. The van der Waals surface area contributed by atoms with Crippen LogP contribution < -0.4 is 0 Å². The summed E-state index contributed by atoms with van der Waals surface area (Å²) in [5.74, 6) is -1.97. The summed E-state index contributed by atoms with van der Waals surface area (Å²) in [6.07, 6.45) is 51.8. The van der Waals surface area contributed by atoms with Crippen molar-refractivity contribution in [1.29, 1.82) is 0 Å². The van der Waals surface area contributed by atoms with E-state index < -0.39 is 18.4 Å². The topological polar surface area (TPSA) is 108 Å². The van der Waals surface area contributed by atoms with E-state index in [1.54, 1.807) is 0 Å². The third-order valence-corrected chi connectivity index (χ3v) is 13.1. The highest BCUT2D eigenvalue weighted by Gasteiger charge is 2.25. The van der Waals surface area contributed by atoms with Crippen LogP contribution >= 0.6 is 0 Å². The standard InChI is InChI=1S/C57H111NO8/c1-6-8-10-12-14-16-18-20-22-24-25-26-27-28-29-30-32-34-36-38-40-42-44-46-48-55(60)66-53(52-65-57(56(61)62)63-50-49-58(3,4)5)51-64-54(59)47-45-43-41-39-37-35-33-31-23-21-19-17-15-13-11-9-7-2/h53,57H,6-52H2,1-5H3/p+1. The van der Waals surface area contributed by atoms with E-state index in [4.69, 9.17) is 18.9 Å². The summed E-state index contributed by atoms with van der Waals surface area (Å²) >= 11 is 0. The molecule has 0 saturated heterocycles. The molecule has 9 heteroatoms. The average Bonchev–Trinajstić information content (AvgIpc) is 3.28. The second kappa shape index (κ2) is 49.7.